The van der Waals surface area contributed by atoms with Crippen LogP contribution < -0.4 is 5.73 Å². The van der Waals surface area contributed by atoms with Gasteiger partial charge in [-0.3, -0.25) is 0 Å². The summed E-state index contributed by atoms with van der Waals surface area (Å²) in [6.45, 7) is -0.198. The number of nitrogen functional groups attached to an aromatic ring is 1. The lowest BCUT2D eigenvalue weighted by molar-refractivity contribution is -0.146. The van der Waals surface area contributed by atoms with Gasteiger partial charge in [0.15, 0.2) is 11.6 Å². The van der Waals surface area contributed by atoms with Gasteiger partial charge < -0.3 is 10.3 Å². The molecule has 0 fully saturated rings. The van der Waals surface area contributed by atoms with Crippen LogP contribution >= 0.6 is 0 Å². The van der Waals surface area contributed by atoms with E-state index in [9.17, 15) is 22.0 Å². The van der Waals surface area contributed by atoms with Crippen molar-refractivity contribution in [3.63, 3.8) is 0 Å². The van der Waals surface area contributed by atoms with Crippen molar-refractivity contribution in [3.8, 4) is 0 Å². The number of hydrogen-bond acceptors (Lipinski definition) is 2. The molecule has 120 valence electrons. The summed E-state index contributed by atoms with van der Waals surface area (Å²) < 4.78 is 67.0. The molecular weight excluding hydrogens is 317 g/mol. The molecule has 0 atom stereocenters. The first-order valence-electron chi connectivity index (χ1n) is 6.52. The molecule has 1 heterocycles. The van der Waals surface area contributed by atoms with Crippen LogP contribution in [0.3, 0.4) is 0 Å². The van der Waals surface area contributed by atoms with Gasteiger partial charge in [0.1, 0.15) is 0 Å². The van der Waals surface area contributed by atoms with Crippen LogP contribution in [0.5, 0.6) is 0 Å². The number of aromatic nitrogens is 2. The number of alkyl halides is 3. The highest BCUT2D eigenvalue weighted by molar-refractivity contribution is 5.76. The molecule has 2 N–H and O–H groups in total. The second kappa shape index (κ2) is 5.22. The maximum Gasteiger partial charge on any atom is 0.449 e. The Balaban J connectivity index is 2.19. The van der Waals surface area contributed by atoms with Crippen LogP contribution in [0.25, 0.3) is 11.0 Å². The summed E-state index contributed by atoms with van der Waals surface area (Å²) in [6.07, 6.45) is -4.75. The summed E-state index contributed by atoms with van der Waals surface area (Å²) in [5.41, 5.74) is 6.13. The predicted molar refractivity (Wildman–Crippen MR) is 74.6 cm³/mol. The van der Waals surface area contributed by atoms with Crippen LogP contribution in [0.15, 0.2) is 36.4 Å². The van der Waals surface area contributed by atoms with E-state index in [2.05, 4.69) is 4.98 Å². The molecular formula is C15H10F5N3. The minimum Gasteiger partial charge on any atom is -0.399 e. The van der Waals surface area contributed by atoms with Crippen LogP contribution in [-0.4, -0.2) is 9.55 Å². The van der Waals surface area contributed by atoms with Gasteiger partial charge in [-0.1, -0.05) is 12.1 Å². The molecule has 3 aromatic rings. The number of anilines is 1. The molecule has 0 amide bonds. The molecule has 0 aliphatic carbocycles. The van der Waals surface area contributed by atoms with Crippen molar-refractivity contribution in [3.05, 3.63) is 59.4 Å². The Bertz CT molecular complexity index is 865. The summed E-state index contributed by atoms with van der Waals surface area (Å²) in [5, 5.41) is 0. The molecule has 0 spiro atoms. The second-order valence-electron chi connectivity index (χ2n) is 5.02. The van der Waals surface area contributed by atoms with E-state index in [1.54, 1.807) is 24.3 Å². The first-order valence-corrected chi connectivity index (χ1v) is 6.52. The van der Waals surface area contributed by atoms with E-state index in [1.807, 2.05) is 0 Å². The third kappa shape index (κ3) is 2.84. The van der Waals surface area contributed by atoms with Crippen LogP contribution in [-0.2, 0) is 12.7 Å². The molecule has 3 nitrogen and oxygen atoms in total. The van der Waals surface area contributed by atoms with Crippen molar-refractivity contribution < 1.29 is 22.0 Å². The number of nitrogens with zero attached hydrogens (tertiary/aromatic N) is 2. The minimum absolute atomic E-state index is 0.131. The van der Waals surface area contributed by atoms with E-state index < -0.39 is 23.6 Å². The predicted octanol–water partition coefficient (Wildman–Crippen LogP) is 3.96. The lowest BCUT2D eigenvalue weighted by Gasteiger charge is -2.11. The standard InChI is InChI=1S/C15H10F5N3/c16-10-5-12-13(6-11(10)17)23(14(22-12)15(18,19)20)7-8-1-3-9(21)4-2-8/h1-6H,7,21H2. The zero-order valence-corrected chi connectivity index (χ0v) is 11.5. The smallest absolute Gasteiger partial charge is 0.399 e. The normalized spacial score (nSPS) is 12.0. The number of hydrogen-bond donors (Lipinski definition) is 1. The fraction of sp³-hybridized carbons (Fsp3) is 0.133. The number of rotatable bonds is 2. The van der Waals surface area contributed by atoms with E-state index >= 15 is 0 Å². The fourth-order valence-electron chi connectivity index (χ4n) is 2.30. The zero-order valence-electron chi connectivity index (χ0n) is 11.5. The minimum atomic E-state index is -4.75. The largest absolute Gasteiger partial charge is 0.449 e. The average molecular weight is 327 g/mol. The number of imidazole rings is 1. The highest BCUT2D eigenvalue weighted by Crippen LogP contribution is 2.32. The monoisotopic (exact) mass is 327 g/mol. The molecule has 0 saturated carbocycles. The number of fused-ring (bicyclic) bond motifs is 1. The highest BCUT2D eigenvalue weighted by atomic mass is 19.4. The molecule has 0 aliphatic rings. The van der Waals surface area contributed by atoms with Crippen molar-refractivity contribution in [1.29, 1.82) is 0 Å². The van der Waals surface area contributed by atoms with Gasteiger partial charge in [0, 0.05) is 24.4 Å². The van der Waals surface area contributed by atoms with Gasteiger partial charge in [-0.2, -0.15) is 13.2 Å². The van der Waals surface area contributed by atoms with Crippen LogP contribution in [0, 0.1) is 11.6 Å². The quantitative estimate of drug-likeness (QED) is 0.572. The molecule has 0 bridgehead atoms. The Morgan fingerprint density at radius 2 is 1.61 bits per heavy atom. The first kappa shape index (κ1) is 15.3. The lowest BCUT2D eigenvalue weighted by Crippen LogP contribution is -2.15. The van der Waals surface area contributed by atoms with Crippen LogP contribution in [0.1, 0.15) is 11.4 Å². The molecule has 3 rings (SSSR count). The molecule has 23 heavy (non-hydrogen) atoms. The van der Waals surface area contributed by atoms with Crippen molar-refractivity contribution >= 4 is 16.7 Å². The number of nitrogens with two attached hydrogens (primary N) is 1. The number of halogens is 5. The van der Waals surface area contributed by atoms with Gasteiger partial charge >= 0.3 is 6.18 Å². The summed E-state index contributed by atoms with van der Waals surface area (Å²) in [6, 6.07) is 7.57. The Morgan fingerprint density at radius 3 is 2.22 bits per heavy atom. The van der Waals surface area contributed by atoms with Gasteiger partial charge in [0.2, 0.25) is 5.82 Å². The molecule has 0 unspecified atom stereocenters. The summed E-state index contributed by atoms with van der Waals surface area (Å²) in [5.74, 6) is -3.69. The Hall–Kier alpha value is -2.64. The van der Waals surface area contributed by atoms with Crippen LogP contribution in [0.2, 0.25) is 0 Å². The SMILES string of the molecule is Nc1ccc(Cn2c(C(F)(F)F)nc3cc(F)c(F)cc32)cc1. The van der Waals surface area contributed by atoms with E-state index in [0.29, 0.717) is 23.4 Å². The maximum absolute atomic E-state index is 13.4. The van der Waals surface area contributed by atoms with Gasteiger partial charge in [-0.25, -0.2) is 13.8 Å². The Labute approximate surface area is 127 Å². The topological polar surface area (TPSA) is 43.8 Å². The summed E-state index contributed by atoms with van der Waals surface area (Å²) in [4.78, 5) is 3.41. The average Bonchev–Trinajstić information content (AvgIpc) is 2.80. The molecule has 0 radical (unpaired) electrons. The lowest BCUT2D eigenvalue weighted by atomic mass is 10.2. The van der Waals surface area contributed by atoms with E-state index in [1.165, 1.54) is 0 Å². The van der Waals surface area contributed by atoms with E-state index in [-0.39, 0.29) is 17.6 Å². The van der Waals surface area contributed by atoms with Gasteiger partial charge in [0.25, 0.3) is 0 Å². The number of benzene rings is 2. The molecule has 1 aromatic heterocycles. The first-order chi connectivity index (χ1) is 10.8. The third-order valence-corrected chi connectivity index (χ3v) is 3.36. The van der Waals surface area contributed by atoms with Crippen molar-refractivity contribution in [2.75, 3.05) is 5.73 Å². The van der Waals surface area contributed by atoms with Crippen molar-refractivity contribution in [2.24, 2.45) is 0 Å². The Morgan fingerprint density at radius 1 is 1.00 bits per heavy atom. The van der Waals surface area contributed by atoms with Crippen molar-refractivity contribution in [1.82, 2.24) is 9.55 Å². The van der Waals surface area contributed by atoms with E-state index in [0.717, 1.165) is 4.57 Å². The maximum atomic E-state index is 13.4. The van der Waals surface area contributed by atoms with Crippen LogP contribution in [0.4, 0.5) is 27.6 Å². The summed E-state index contributed by atoms with van der Waals surface area (Å²) in [7, 11) is 0. The molecule has 0 saturated heterocycles. The fourth-order valence-corrected chi connectivity index (χ4v) is 2.30. The molecule has 0 aliphatic heterocycles. The van der Waals surface area contributed by atoms with Crippen molar-refractivity contribution in [2.45, 2.75) is 12.7 Å². The molecule has 8 heteroatoms. The van der Waals surface area contributed by atoms with E-state index in [4.69, 9.17) is 5.73 Å². The zero-order chi connectivity index (χ0) is 16.8. The van der Waals surface area contributed by atoms with Gasteiger partial charge in [0.05, 0.1) is 11.0 Å². The molecule has 2 aromatic carbocycles. The van der Waals surface area contributed by atoms with Gasteiger partial charge in [-0.15, -0.1) is 0 Å². The van der Waals surface area contributed by atoms with Gasteiger partial charge in [-0.05, 0) is 17.7 Å². The summed E-state index contributed by atoms with van der Waals surface area (Å²) >= 11 is 0. The highest BCUT2D eigenvalue weighted by Gasteiger charge is 2.37. The third-order valence-electron chi connectivity index (χ3n) is 3.36. The Kier molecular flexibility index (Phi) is 3.46. The second-order valence-corrected chi connectivity index (χ2v) is 5.02.